The fourth-order valence-electron chi connectivity index (χ4n) is 4.14. The molecule has 2 aliphatic rings. The Morgan fingerprint density at radius 2 is 2.07 bits per heavy atom. The zero-order valence-electron chi connectivity index (χ0n) is 15.0. The van der Waals surface area contributed by atoms with Crippen LogP contribution in [0.2, 0.25) is 0 Å². The summed E-state index contributed by atoms with van der Waals surface area (Å²) in [5.74, 6) is 2.45. The van der Waals surface area contributed by atoms with Crippen LogP contribution in [-0.4, -0.2) is 29.7 Å². The number of hydrogen-bond donors (Lipinski definition) is 2. The van der Waals surface area contributed by atoms with Crippen LogP contribution in [0.25, 0.3) is 10.2 Å². The van der Waals surface area contributed by atoms with Crippen LogP contribution < -0.4 is 19.9 Å². The third-order valence-electron chi connectivity index (χ3n) is 5.42. The standard InChI is InChI=1S/C20H21N3O3S/c24-20-19-14(6-10-27-19)21-18(22-20)12-23-7-1-3-15(23)13-4-5-16-17(11-13)26-9-2-8-25-16/h4-6,10-11,15H,1-3,7-9,12H2,(H,21,22,24)/p+1/t15-/m0/s1. The van der Waals surface area contributed by atoms with Gasteiger partial charge in [0.1, 0.15) is 17.3 Å². The second kappa shape index (κ2) is 6.98. The second-order valence-corrected chi connectivity index (χ2v) is 8.10. The molecule has 2 aromatic heterocycles. The van der Waals surface area contributed by atoms with Crippen LogP contribution in [-0.2, 0) is 6.54 Å². The predicted octanol–water partition coefficient (Wildman–Crippen LogP) is 2.07. The first-order valence-electron chi connectivity index (χ1n) is 9.48. The van der Waals surface area contributed by atoms with E-state index >= 15 is 0 Å². The number of hydrogen-bond acceptors (Lipinski definition) is 5. The van der Waals surface area contributed by atoms with Crippen LogP contribution in [0.5, 0.6) is 11.5 Å². The van der Waals surface area contributed by atoms with Crippen molar-refractivity contribution in [2.24, 2.45) is 0 Å². The maximum absolute atomic E-state index is 12.3. The van der Waals surface area contributed by atoms with Crippen molar-refractivity contribution in [3.8, 4) is 11.5 Å². The first-order valence-corrected chi connectivity index (χ1v) is 10.4. The summed E-state index contributed by atoms with van der Waals surface area (Å²) in [6, 6.07) is 8.62. The van der Waals surface area contributed by atoms with E-state index < -0.39 is 0 Å². The molecule has 1 fully saturated rings. The molecule has 1 unspecified atom stereocenters. The minimum absolute atomic E-state index is 0.0317. The van der Waals surface area contributed by atoms with Crippen molar-refractivity contribution >= 4 is 21.6 Å². The van der Waals surface area contributed by atoms with E-state index in [0.717, 1.165) is 48.8 Å². The largest absolute Gasteiger partial charge is 0.490 e. The van der Waals surface area contributed by atoms with Gasteiger partial charge in [-0.1, -0.05) is 0 Å². The summed E-state index contributed by atoms with van der Waals surface area (Å²) in [7, 11) is 0. The van der Waals surface area contributed by atoms with Gasteiger partial charge in [-0.05, 0) is 29.6 Å². The summed E-state index contributed by atoms with van der Waals surface area (Å²) in [4.78, 5) is 21.3. The highest BCUT2D eigenvalue weighted by Gasteiger charge is 2.31. The Balaban J connectivity index is 1.41. The molecule has 2 N–H and O–H groups in total. The Morgan fingerprint density at radius 3 is 3.00 bits per heavy atom. The van der Waals surface area contributed by atoms with Gasteiger partial charge in [0.2, 0.25) is 0 Å². The van der Waals surface area contributed by atoms with Crippen molar-refractivity contribution in [2.75, 3.05) is 19.8 Å². The molecule has 140 valence electrons. The summed E-state index contributed by atoms with van der Waals surface area (Å²) in [5, 5.41) is 1.92. The van der Waals surface area contributed by atoms with E-state index in [1.165, 1.54) is 28.2 Å². The SMILES string of the molecule is O=c1[nH]c(C[NH+]2CCC[C@H]2c2ccc3c(c2)OCCCO3)nc2ccsc12. The minimum atomic E-state index is -0.0317. The Morgan fingerprint density at radius 1 is 1.19 bits per heavy atom. The molecule has 0 spiro atoms. The van der Waals surface area contributed by atoms with E-state index in [-0.39, 0.29) is 5.56 Å². The molecule has 2 aliphatic heterocycles. The summed E-state index contributed by atoms with van der Waals surface area (Å²) < 4.78 is 12.3. The quantitative estimate of drug-likeness (QED) is 0.725. The van der Waals surface area contributed by atoms with E-state index in [1.54, 1.807) is 0 Å². The number of thiophene rings is 1. The first kappa shape index (κ1) is 16.8. The van der Waals surface area contributed by atoms with Gasteiger partial charge in [-0.3, -0.25) is 4.79 Å². The molecule has 27 heavy (non-hydrogen) atoms. The Kier molecular flexibility index (Phi) is 4.33. The van der Waals surface area contributed by atoms with Gasteiger partial charge >= 0.3 is 0 Å². The number of aromatic nitrogens is 2. The van der Waals surface area contributed by atoms with E-state index in [9.17, 15) is 4.79 Å². The smallest absolute Gasteiger partial charge is 0.269 e. The lowest BCUT2D eigenvalue weighted by Gasteiger charge is -2.22. The molecule has 2 atom stereocenters. The van der Waals surface area contributed by atoms with Crippen molar-refractivity contribution in [1.29, 1.82) is 0 Å². The summed E-state index contributed by atoms with van der Waals surface area (Å²) in [6.45, 7) is 3.20. The molecule has 0 radical (unpaired) electrons. The fraction of sp³-hybridized carbons (Fsp3) is 0.400. The average molecular weight is 384 g/mol. The van der Waals surface area contributed by atoms with E-state index in [2.05, 4.69) is 22.1 Å². The lowest BCUT2D eigenvalue weighted by atomic mass is 10.0. The van der Waals surface area contributed by atoms with Crippen LogP contribution in [0.3, 0.4) is 0 Å². The third kappa shape index (κ3) is 3.21. The lowest BCUT2D eigenvalue weighted by Crippen LogP contribution is -3.09. The molecule has 0 amide bonds. The molecule has 3 aromatic rings. The number of nitrogens with zero attached hydrogens (tertiary/aromatic N) is 1. The third-order valence-corrected chi connectivity index (χ3v) is 6.32. The Labute approximate surface area is 160 Å². The van der Waals surface area contributed by atoms with Gasteiger partial charge in [0.05, 0.1) is 25.3 Å². The monoisotopic (exact) mass is 384 g/mol. The van der Waals surface area contributed by atoms with Crippen molar-refractivity contribution < 1.29 is 14.4 Å². The maximum atomic E-state index is 12.3. The van der Waals surface area contributed by atoms with Gasteiger partial charge in [-0.15, -0.1) is 11.3 Å². The van der Waals surface area contributed by atoms with Gasteiger partial charge in [0.15, 0.2) is 17.3 Å². The molecule has 7 heteroatoms. The number of benzene rings is 1. The van der Waals surface area contributed by atoms with Crippen LogP contribution in [0.15, 0.2) is 34.4 Å². The van der Waals surface area contributed by atoms with E-state index in [0.29, 0.717) is 24.0 Å². The molecule has 6 nitrogen and oxygen atoms in total. The number of aromatic amines is 1. The van der Waals surface area contributed by atoms with Gasteiger partial charge in [-0.2, -0.15) is 0 Å². The summed E-state index contributed by atoms with van der Waals surface area (Å²) >= 11 is 1.44. The van der Waals surface area contributed by atoms with Crippen LogP contribution >= 0.6 is 11.3 Å². The van der Waals surface area contributed by atoms with Gasteiger partial charge < -0.3 is 19.4 Å². The van der Waals surface area contributed by atoms with Crippen LogP contribution in [0.1, 0.15) is 36.7 Å². The predicted molar refractivity (Wildman–Crippen MR) is 104 cm³/mol. The molecule has 5 rings (SSSR count). The highest BCUT2D eigenvalue weighted by molar-refractivity contribution is 7.17. The number of likely N-dealkylation sites (tertiary alicyclic amines) is 1. The fourth-order valence-corrected chi connectivity index (χ4v) is 4.87. The lowest BCUT2D eigenvalue weighted by molar-refractivity contribution is -0.932. The molecule has 0 aliphatic carbocycles. The van der Waals surface area contributed by atoms with Crippen LogP contribution in [0.4, 0.5) is 0 Å². The highest BCUT2D eigenvalue weighted by Crippen LogP contribution is 2.33. The van der Waals surface area contributed by atoms with Gasteiger partial charge in [0.25, 0.3) is 5.56 Å². The van der Waals surface area contributed by atoms with Crippen molar-refractivity contribution in [3.05, 3.63) is 51.4 Å². The number of rotatable bonds is 3. The average Bonchev–Trinajstić information content (AvgIpc) is 3.26. The molecular formula is C20H22N3O3S+. The second-order valence-electron chi connectivity index (χ2n) is 7.18. The first-order chi connectivity index (χ1) is 13.3. The van der Waals surface area contributed by atoms with Crippen molar-refractivity contribution in [3.63, 3.8) is 0 Å². The maximum Gasteiger partial charge on any atom is 0.269 e. The number of quaternary nitrogens is 1. The van der Waals surface area contributed by atoms with Gasteiger partial charge in [-0.25, -0.2) is 4.98 Å². The summed E-state index contributed by atoms with van der Waals surface area (Å²) in [6.07, 6.45) is 3.20. The number of ether oxygens (including phenoxy) is 2. The van der Waals surface area contributed by atoms with Crippen LogP contribution in [0, 0.1) is 0 Å². The Bertz CT molecular complexity index is 1030. The number of nitrogens with one attached hydrogen (secondary N) is 2. The highest BCUT2D eigenvalue weighted by atomic mass is 32.1. The molecule has 0 saturated carbocycles. The molecule has 1 aromatic carbocycles. The zero-order valence-corrected chi connectivity index (χ0v) is 15.8. The number of fused-ring (bicyclic) bond motifs is 2. The molecule has 0 bridgehead atoms. The number of H-pyrrole nitrogens is 1. The van der Waals surface area contributed by atoms with Crippen molar-refractivity contribution in [2.45, 2.75) is 31.8 Å². The Hall–Kier alpha value is -2.38. The normalized spacial score (nSPS) is 22.1. The summed E-state index contributed by atoms with van der Waals surface area (Å²) in [5.41, 5.74) is 2.03. The van der Waals surface area contributed by atoms with E-state index in [1.807, 2.05) is 17.5 Å². The molecular weight excluding hydrogens is 362 g/mol. The van der Waals surface area contributed by atoms with Crippen molar-refractivity contribution in [1.82, 2.24) is 9.97 Å². The molecule has 1 saturated heterocycles. The minimum Gasteiger partial charge on any atom is -0.490 e. The van der Waals surface area contributed by atoms with Gasteiger partial charge in [0, 0.05) is 24.8 Å². The topological polar surface area (TPSA) is 68.7 Å². The zero-order chi connectivity index (χ0) is 18.2. The van der Waals surface area contributed by atoms with E-state index in [4.69, 9.17) is 9.47 Å². The molecule has 4 heterocycles.